The Hall–Kier alpha value is -0.810. The minimum absolute atomic E-state index is 0.188. The van der Waals surface area contributed by atoms with Gasteiger partial charge in [-0.05, 0) is 26.2 Å². The predicted molar refractivity (Wildman–Crippen MR) is 77.4 cm³/mol. The lowest BCUT2D eigenvalue weighted by atomic mass is 10.0. The lowest BCUT2D eigenvalue weighted by molar-refractivity contribution is 0.179. The van der Waals surface area contributed by atoms with E-state index in [1.807, 2.05) is 6.92 Å². The minimum atomic E-state index is 0.188. The van der Waals surface area contributed by atoms with Crippen LogP contribution in [0.25, 0.3) is 0 Å². The van der Waals surface area contributed by atoms with Crippen molar-refractivity contribution in [3.8, 4) is 0 Å². The van der Waals surface area contributed by atoms with Crippen LogP contribution in [-0.2, 0) is 4.74 Å². The number of rotatable bonds is 8. The van der Waals surface area contributed by atoms with E-state index in [-0.39, 0.29) is 12.1 Å². The zero-order valence-corrected chi connectivity index (χ0v) is 12.5. The van der Waals surface area contributed by atoms with Crippen molar-refractivity contribution in [2.24, 2.45) is 16.8 Å². The molecule has 0 fully saturated rings. The van der Waals surface area contributed by atoms with Crippen molar-refractivity contribution in [2.75, 3.05) is 13.7 Å². The Kier molecular flexibility index (Phi) is 9.69. The molecule has 5 heteroatoms. The largest absolute Gasteiger partial charge is 0.383 e. The number of hydrogen-bond donors (Lipinski definition) is 3. The summed E-state index contributed by atoms with van der Waals surface area (Å²) in [6.07, 6.45) is 3.54. The first-order chi connectivity index (χ1) is 8.49. The van der Waals surface area contributed by atoms with Gasteiger partial charge in [0.05, 0.1) is 12.6 Å². The van der Waals surface area contributed by atoms with E-state index in [1.165, 1.54) is 12.8 Å². The fourth-order valence-electron chi connectivity index (χ4n) is 1.75. The van der Waals surface area contributed by atoms with Crippen molar-refractivity contribution in [1.29, 1.82) is 0 Å². The number of aliphatic imine (C=N–C) groups is 1. The number of hydrazine groups is 1. The van der Waals surface area contributed by atoms with Crippen molar-refractivity contribution in [2.45, 2.75) is 59.0 Å². The van der Waals surface area contributed by atoms with E-state index in [4.69, 9.17) is 10.6 Å². The molecule has 2 atom stereocenters. The molecule has 0 heterocycles. The van der Waals surface area contributed by atoms with Crippen LogP contribution < -0.4 is 16.6 Å². The smallest absolute Gasteiger partial charge is 0.206 e. The summed E-state index contributed by atoms with van der Waals surface area (Å²) in [5, 5.41) is 3.19. The number of hydrogen-bond acceptors (Lipinski definition) is 3. The molecular formula is C13H30N4O. The third kappa shape index (κ3) is 9.24. The average molecular weight is 258 g/mol. The summed E-state index contributed by atoms with van der Waals surface area (Å²) in [6, 6.07) is 0.463. The van der Waals surface area contributed by atoms with Crippen LogP contribution in [0.4, 0.5) is 0 Å². The summed E-state index contributed by atoms with van der Waals surface area (Å²) in [4.78, 5) is 4.53. The van der Waals surface area contributed by atoms with E-state index >= 15 is 0 Å². The Morgan fingerprint density at radius 1 is 1.22 bits per heavy atom. The second-order valence-corrected chi connectivity index (χ2v) is 5.30. The molecule has 0 bridgehead atoms. The molecule has 0 saturated carbocycles. The number of guanidine groups is 1. The number of nitrogens with two attached hydrogens (primary N) is 1. The van der Waals surface area contributed by atoms with Gasteiger partial charge < -0.3 is 10.1 Å². The van der Waals surface area contributed by atoms with Crippen LogP contribution in [0.5, 0.6) is 0 Å². The van der Waals surface area contributed by atoms with E-state index in [0.717, 1.165) is 12.3 Å². The monoisotopic (exact) mass is 258 g/mol. The number of methoxy groups -OCH3 is 1. The van der Waals surface area contributed by atoms with Gasteiger partial charge in [0.15, 0.2) is 0 Å². The van der Waals surface area contributed by atoms with Crippen LogP contribution in [0.15, 0.2) is 4.99 Å². The van der Waals surface area contributed by atoms with Crippen LogP contribution in [0, 0.1) is 5.92 Å². The predicted octanol–water partition coefficient (Wildman–Crippen LogP) is 1.65. The van der Waals surface area contributed by atoms with Crippen LogP contribution in [0.1, 0.15) is 47.0 Å². The maximum absolute atomic E-state index is 5.46. The molecule has 0 aromatic carbocycles. The van der Waals surface area contributed by atoms with Crippen molar-refractivity contribution in [3.05, 3.63) is 0 Å². The quantitative estimate of drug-likeness (QED) is 0.268. The SMILES string of the molecule is COCC(C)NC(=NC(C)CCCC(C)C)NN. The first kappa shape index (κ1) is 17.2. The Bertz CT molecular complexity index is 231. The van der Waals surface area contributed by atoms with E-state index in [2.05, 4.69) is 36.5 Å². The van der Waals surface area contributed by atoms with Crippen molar-refractivity contribution >= 4 is 5.96 Å². The van der Waals surface area contributed by atoms with Crippen molar-refractivity contribution < 1.29 is 4.74 Å². The van der Waals surface area contributed by atoms with Crippen LogP contribution >= 0.6 is 0 Å². The normalized spacial score (nSPS) is 15.6. The maximum Gasteiger partial charge on any atom is 0.206 e. The second-order valence-electron chi connectivity index (χ2n) is 5.30. The molecule has 108 valence electrons. The zero-order chi connectivity index (χ0) is 14.0. The summed E-state index contributed by atoms with van der Waals surface area (Å²) in [6.45, 7) is 9.26. The molecule has 0 aromatic rings. The Balaban J connectivity index is 4.06. The highest BCUT2D eigenvalue weighted by Gasteiger charge is 2.06. The molecule has 4 N–H and O–H groups in total. The molecule has 5 nitrogen and oxygen atoms in total. The fourth-order valence-corrected chi connectivity index (χ4v) is 1.75. The number of nitrogens with one attached hydrogen (secondary N) is 2. The highest BCUT2D eigenvalue weighted by Crippen LogP contribution is 2.09. The van der Waals surface area contributed by atoms with E-state index in [9.17, 15) is 0 Å². The molecule has 18 heavy (non-hydrogen) atoms. The van der Waals surface area contributed by atoms with Gasteiger partial charge >= 0.3 is 0 Å². The van der Waals surface area contributed by atoms with Crippen LogP contribution in [0.2, 0.25) is 0 Å². The van der Waals surface area contributed by atoms with Gasteiger partial charge in [0.1, 0.15) is 0 Å². The van der Waals surface area contributed by atoms with E-state index in [0.29, 0.717) is 12.6 Å². The zero-order valence-electron chi connectivity index (χ0n) is 12.5. The van der Waals surface area contributed by atoms with Crippen LogP contribution in [-0.4, -0.2) is 31.8 Å². The molecule has 0 aliphatic rings. The van der Waals surface area contributed by atoms with Gasteiger partial charge in [0.2, 0.25) is 5.96 Å². The van der Waals surface area contributed by atoms with E-state index < -0.39 is 0 Å². The fraction of sp³-hybridized carbons (Fsp3) is 0.923. The van der Waals surface area contributed by atoms with Gasteiger partial charge in [-0.15, -0.1) is 0 Å². The van der Waals surface area contributed by atoms with Gasteiger partial charge in [0, 0.05) is 13.2 Å². The summed E-state index contributed by atoms with van der Waals surface area (Å²) in [7, 11) is 1.68. The molecule has 2 unspecified atom stereocenters. The highest BCUT2D eigenvalue weighted by atomic mass is 16.5. The number of nitrogens with zero attached hydrogens (tertiary/aromatic N) is 1. The maximum atomic E-state index is 5.46. The van der Waals surface area contributed by atoms with Gasteiger partial charge in [-0.2, -0.15) is 0 Å². The first-order valence-corrected chi connectivity index (χ1v) is 6.79. The topological polar surface area (TPSA) is 71.7 Å². The minimum Gasteiger partial charge on any atom is -0.383 e. The summed E-state index contributed by atoms with van der Waals surface area (Å²) in [5.41, 5.74) is 2.60. The van der Waals surface area contributed by atoms with Crippen molar-refractivity contribution in [1.82, 2.24) is 10.7 Å². The third-order valence-electron chi connectivity index (χ3n) is 2.69. The molecule has 0 amide bonds. The second kappa shape index (κ2) is 10.1. The molecule has 0 aromatic heterocycles. The number of ether oxygens (including phenoxy) is 1. The molecule has 0 spiro atoms. The van der Waals surface area contributed by atoms with Gasteiger partial charge in [-0.25, -0.2) is 10.8 Å². The lowest BCUT2D eigenvalue weighted by Gasteiger charge is -2.17. The average Bonchev–Trinajstić information content (AvgIpc) is 2.27. The van der Waals surface area contributed by atoms with Crippen molar-refractivity contribution in [3.63, 3.8) is 0 Å². The standard InChI is InChI=1S/C13H30N4O/c1-10(2)7-6-8-11(3)15-13(17-14)16-12(4)9-18-5/h10-12H,6-9,14H2,1-5H3,(H2,15,16,17). The first-order valence-electron chi connectivity index (χ1n) is 6.79. The summed E-state index contributed by atoms with van der Waals surface area (Å²) in [5.74, 6) is 6.85. The summed E-state index contributed by atoms with van der Waals surface area (Å²) < 4.78 is 5.06. The van der Waals surface area contributed by atoms with E-state index in [1.54, 1.807) is 7.11 Å². The Labute approximate surface area is 112 Å². The van der Waals surface area contributed by atoms with Gasteiger partial charge in [-0.1, -0.05) is 26.7 Å². The molecule has 0 saturated heterocycles. The highest BCUT2D eigenvalue weighted by molar-refractivity contribution is 5.79. The van der Waals surface area contributed by atoms with Crippen LogP contribution in [0.3, 0.4) is 0 Å². The molecule has 0 aliphatic carbocycles. The molecule has 0 aliphatic heterocycles. The molecular weight excluding hydrogens is 228 g/mol. The lowest BCUT2D eigenvalue weighted by Crippen LogP contribution is -2.47. The molecule has 0 rings (SSSR count). The molecule has 0 radical (unpaired) electrons. The van der Waals surface area contributed by atoms with Gasteiger partial charge in [0.25, 0.3) is 0 Å². The Morgan fingerprint density at radius 3 is 2.39 bits per heavy atom. The third-order valence-corrected chi connectivity index (χ3v) is 2.69. The summed E-state index contributed by atoms with van der Waals surface area (Å²) >= 11 is 0. The van der Waals surface area contributed by atoms with Gasteiger partial charge in [-0.3, -0.25) is 5.43 Å². The Morgan fingerprint density at radius 2 is 1.89 bits per heavy atom.